The number of benzene rings is 2. The number of hydrogen-bond acceptors (Lipinski definition) is 8. The summed E-state index contributed by atoms with van der Waals surface area (Å²) in [5, 5.41) is 0. The predicted octanol–water partition coefficient (Wildman–Crippen LogP) is 6.08. The number of pyridine rings is 2. The monoisotopic (exact) mass is 539 g/mol. The maximum Gasteiger partial charge on any atom is 0.261 e. The van der Waals surface area contributed by atoms with E-state index in [1.807, 2.05) is 79.7 Å². The minimum Gasteiger partial charge on any atom is -0.473 e. The van der Waals surface area contributed by atoms with Crippen LogP contribution in [0.3, 0.4) is 0 Å². The highest BCUT2D eigenvalue weighted by molar-refractivity contribution is 5.52. The fourth-order valence-electron chi connectivity index (χ4n) is 5.04. The SMILES string of the molecule is Cc1nc(Oc2ccc(OCc3ccccc3)nc2OCc2ccccc2)ccc1N1CCC2(CC1)OCCO2. The number of aromatic nitrogens is 2. The zero-order chi connectivity index (χ0) is 27.2. The third-order valence-corrected chi connectivity index (χ3v) is 7.17. The van der Waals surface area contributed by atoms with Crippen LogP contribution in [0.15, 0.2) is 84.9 Å². The van der Waals surface area contributed by atoms with Gasteiger partial charge in [-0.15, -0.1) is 0 Å². The topological polar surface area (TPSA) is 75.2 Å². The van der Waals surface area contributed by atoms with Crippen molar-refractivity contribution in [3.05, 3.63) is 102 Å². The lowest BCUT2D eigenvalue weighted by atomic mass is 10.0. The number of piperidine rings is 1. The quantitative estimate of drug-likeness (QED) is 0.253. The van der Waals surface area contributed by atoms with E-state index in [4.69, 9.17) is 28.7 Å². The summed E-state index contributed by atoms with van der Waals surface area (Å²) in [6.45, 7) is 5.83. The molecule has 2 aromatic carbocycles. The van der Waals surface area contributed by atoms with E-state index in [1.54, 1.807) is 6.07 Å². The van der Waals surface area contributed by atoms with Crippen molar-refractivity contribution in [3.63, 3.8) is 0 Å². The summed E-state index contributed by atoms with van der Waals surface area (Å²) in [6.07, 6.45) is 1.69. The molecule has 0 bridgehead atoms. The zero-order valence-electron chi connectivity index (χ0n) is 22.6. The molecule has 4 aromatic rings. The van der Waals surface area contributed by atoms with Gasteiger partial charge < -0.3 is 28.6 Å². The molecule has 0 radical (unpaired) electrons. The van der Waals surface area contributed by atoms with Crippen LogP contribution in [0, 0.1) is 6.92 Å². The molecule has 1 spiro atoms. The van der Waals surface area contributed by atoms with E-state index >= 15 is 0 Å². The Bertz CT molecular complexity index is 1400. The van der Waals surface area contributed by atoms with E-state index in [2.05, 4.69) is 16.0 Å². The summed E-state index contributed by atoms with van der Waals surface area (Å²) in [7, 11) is 0. The first-order chi connectivity index (χ1) is 19.7. The van der Waals surface area contributed by atoms with Crippen LogP contribution in [0.4, 0.5) is 5.69 Å². The van der Waals surface area contributed by atoms with Gasteiger partial charge in [0.15, 0.2) is 11.5 Å². The Morgan fingerprint density at radius 3 is 2.00 bits per heavy atom. The highest BCUT2D eigenvalue weighted by atomic mass is 16.7. The van der Waals surface area contributed by atoms with Gasteiger partial charge in [-0.1, -0.05) is 60.7 Å². The van der Waals surface area contributed by atoms with E-state index < -0.39 is 5.79 Å². The fourth-order valence-corrected chi connectivity index (χ4v) is 5.04. The molecule has 4 heterocycles. The van der Waals surface area contributed by atoms with Crippen LogP contribution in [-0.2, 0) is 22.7 Å². The molecule has 2 saturated heterocycles. The van der Waals surface area contributed by atoms with Gasteiger partial charge in [0.2, 0.25) is 11.8 Å². The van der Waals surface area contributed by atoms with Gasteiger partial charge in [-0.05, 0) is 30.2 Å². The zero-order valence-corrected chi connectivity index (χ0v) is 22.6. The minimum absolute atomic E-state index is 0.343. The Hall–Kier alpha value is -4.14. The van der Waals surface area contributed by atoms with E-state index in [0.29, 0.717) is 49.8 Å². The maximum atomic E-state index is 6.20. The Morgan fingerprint density at radius 2 is 1.35 bits per heavy atom. The molecule has 2 fully saturated rings. The molecular weight excluding hydrogens is 506 g/mol. The van der Waals surface area contributed by atoms with Crippen LogP contribution >= 0.6 is 0 Å². The van der Waals surface area contributed by atoms with Gasteiger partial charge in [-0.25, -0.2) is 4.98 Å². The van der Waals surface area contributed by atoms with E-state index in [1.165, 1.54) is 0 Å². The van der Waals surface area contributed by atoms with Crippen molar-refractivity contribution >= 4 is 5.69 Å². The number of aryl methyl sites for hydroxylation is 1. The first kappa shape index (κ1) is 26.1. The molecule has 0 atom stereocenters. The van der Waals surface area contributed by atoms with Crippen molar-refractivity contribution < 1.29 is 23.7 Å². The van der Waals surface area contributed by atoms with Crippen molar-refractivity contribution in [2.24, 2.45) is 0 Å². The third-order valence-electron chi connectivity index (χ3n) is 7.17. The van der Waals surface area contributed by atoms with Crippen LogP contribution in [0.2, 0.25) is 0 Å². The molecule has 0 N–H and O–H groups in total. The van der Waals surface area contributed by atoms with Crippen molar-refractivity contribution in [2.45, 2.75) is 38.8 Å². The molecule has 2 aliphatic rings. The Morgan fingerprint density at radius 1 is 0.725 bits per heavy atom. The highest BCUT2D eigenvalue weighted by Crippen LogP contribution is 2.36. The highest BCUT2D eigenvalue weighted by Gasteiger charge is 2.40. The third kappa shape index (κ3) is 6.19. The maximum absolute atomic E-state index is 6.20. The van der Waals surface area contributed by atoms with Crippen LogP contribution in [0.25, 0.3) is 0 Å². The van der Waals surface area contributed by atoms with Gasteiger partial charge in [0.25, 0.3) is 5.88 Å². The summed E-state index contributed by atoms with van der Waals surface area (Å²) in [4.78, 5) is 11.7. The Labute approximate surface area is 234 Å². The van der Waals surface area contributed by atoms with Crippen LogP contribution in [-0.4, -0.2) is 42.1 Å². The normalized spacial score (nSPS) is 16.2. The van der Waals surface area contributed by atoms with Gasteiger partial charge in [-0.3, -0.25) is 0 Å². The minimum atomic E-state index is -0.402. The van der Waals surface area contributed by atoms with Gasteiger partial charge in [-0.2, -0.15) is 4.98 Å². The van der Waals surface area contributed by atoms with Crippen LogP contribution in [0.1, 0.15) is 29.7 Å². The van der Waals surface area contributed by atoms with Gasteiger partial charge in [0.1, 0.15) is 13.2 Å². The van der Waals surface area contributed by atoms with Crippen LogP contribution < -0.4 is 19.1 Å². The average molecular weight is 540 g/mol. The first-order valence-corrected chi connectivity index (χ1v) is 13.7. The molecule has 8 nitrogen and oxygen atoms in total. The second-order valence-corrected chi connectivity index (χ2v) is 9.95. The van der Waals surface area contributed by atoms with Gasteiger partial charge >= 0.3 is 0 Å². The smallest absolute Gasteiger partial charge is 0.261 e. The van der Waals surface area contributed by atoms with Crippen molar-refractivity contribution in [1.82, 2.24) is 9.97 Å². The Balaban J connectivity index is 1.17. The fraction of sp³-hybridized carbons (Fsp3) is 0.312. The van der Waals surface area contributed by atoms with Gasteiger partial charge in [0, 0.05) is 38.1 Å². The molecule has 0 unspecified atom stereocenters. The summed E-state index contributed by atoms with van der Waals surface area (Å²) >= 11 is 0. The van der Waals surface area contributed by atoms with E-state index in [9.17, 15) is 0 Å². The molecule has 40 heavy (non-hydrogen) atoms. The van der Waals surface area contributed by atoms with Crippen LogP contribution in [0.5, 0.6) is 23.4 Å². The number of anilines is 1. The predicted molar refractivity (Wildman–Crippen MR) is 151 cm³/mol. The number of ether oxygens (including phenoxy) is 5. The molecule has 2 aliphatic heterocycles. The van der Waals surface area contributed by atoms with Gasteiger partial charge in [0.05, 0.1) is 24.6 Å². The molecular formula is C32H33N3O5. The van der Waals surface area contributed by atoms with Crippen molar-refractivity contribution in [1.29, 1.82) is 0 Å². The van der Waals surface area contributed by atoms with E-state index in [-0.39, 0.29) is 0 Å². The second kappa shape index (κ2) is 11.9. The Kier molecular flexibility index (Phi) is 7.79. The number of rotatable bonds is 9. The lowest BCUT2D eigenvalue weighted by Crippen LogP contribution is -2.45. The lowest BCUT2D eigenvalue weighted by Gasteiger charge is -2.39. The molecule has 0 amide bonds. The first-order valence-electron chi connectivity index (χ1n) is 13.7. The molecule has 0 saturated carbocycles. The molecule has 6 rings (SSSR count). The summed E-state index contributed by atoms with van der Waals surface area (Å²) < 4.78 is 30.0. The second-order valence-electron chi connectivity index (χ2n) is 9.95. The lowest BCUT2D eigenvalue weighted by molar-refractivity contribution is -0.169. The van der Waals surface area contributed by atoms with E-state index in [0.717, 1.165) is 48.4 Å². The average Bonchev–Trinajstić information content (AvgIpc) is 3.45. The van der Waals surface area contributed by atoms with Crippen molar-refractivity contribution in [3.8, 4) is 23.4 Å². The molecule has 206 valence electrons. The summed E-state index contributed by atoms with van der Waals surface area (Å²) in [6, 6.07) is 27.5. The number of hydrogen-bond donors (Lipinski definition) is 0. The molecule has 8 heteroatoms. The standard InChI is InChI=1S/C32H33N3O5/c1-24-27(35-18-16-32(17-19-35)38-20-21-39-32)12-14-30(33-24)40-28-13-15-29(36-22-25-8-4-2-5-9-25)34-31(28)37-23-26-10-6-3-7-11-26/h2-15H,16-23H2,1H3. The summed E-state index contributed by atoms with van der Waals surface area (Å²) in [5.41, 5.74) is 4.07. The largest absolute Gasteiger partial charge is 0.473 e. The summed E-state index contributed by atoms with van der Waals surface area (Å²) in [5.74, 6) is 1.34. The number of nitrogens with zero attached hydrogens (tertiary/aromatic N) is 3. The van der Waals surface area contributed by atoms with Crippen molar-refractivity contribution in [2.75, 3.05) is 31.2 Å². The molecule has 2 aromatic heterocycles. The molecule has 0 aliphatic carbocycles.